The van der Waals surface area contributed by atoms with Gasteiger partial charge in [0.1, 0.15) is 5.75 Å². The number of likely N-dealkylation sites (N-methyl/N-ethyl adjacent to an activating group) is 1. The molecule has 0 fully saturated rings. The van der Waals surface area contributed by atoms with Crippen LogP contribution in [-0.4, -0.2) is 31.5 Å². The van der Waals surface area contributed by atoms with Gasteiger partial charge in [-0.15, -0.1) is 0 Å². The van der Waals surface area contributed by atoms with E-state index in [4.69, 9.17) is 16.3 Å². The van der Waals surface area contributed by atoms with E-state index in [1.54, 1.807) is 56.4 Å². The van der Waals surface area contributed by atoms with Crippen LogP contribution < -0.4 is 15.0 Å². The molecule has 3 aromatic carbocycles. The number of amides is 2. The fourth-order valence-corrected chi connectivity index (χ4v) is 4.00. The highest BCUT2D eigenvalue weighted by Gasteiger charge is 2.24. The van der Waals surface area contributed by atoms with Crippen molar-refractivity contribution in [1.29, 1.82) is 0 Å². The molecule has 0 aromatic heterocycles. The number of hydrogen-bond acceptors (Lipinski definition) is 3. The molecule has 0 saturated heterocycles. The molecule has 0 aliphatic rings. The van der Waals surface area contributed by atoms with Gasteiger partial charge in [-0.05, 0) is 65.2 Å². The fourth-order valence-electron chi connectivity index (χ4n) is 3.22. The molecule has 0 spiro atoms. The lowest BCUT2D eigenvalue weighted by Gasteiger charge is -2.24. The lowest BCUT2D eigenvalue weighted by Crippen LogP contribution is -2.39. The van der Waals surface area contributed by atoms with Crippen molar-refractivity contribution in [3.05, 3.63) is 93.4 Å². The van der Waals surface area contributed by atoms with Gasteiger partial charge in [0.2, 0.25) is 0 Å². The number of halogens is 2. The standard InChI is InChI=1S/C25H24BrClN2O3/c1-17(32-23-13-12-19(27)16-21(23)26)25(31)29(2)22-11-7-6-10-20(22)24(30)28-15-14-18-8-4-3-5-9-18/h3-13,16-17H,14-15H2,1-2H3,(H,28,30). The fraction of sp³-hybridized carbons (Fsp3) is 0.200. The summed E-state index contributed by atoms with van der Waals surface area (Å²) in [6, 6.07) is 22.1. The first-order valence-corrected chi connectivity index (χ1v) is 11.3. The van der Waals surface area contributed by atoms with Gasteiger partial charge >= 0.3 is 0 Å². The van der Waals surface area contributed by atoms with Crippen molar-refractivity contribution in [1.82, 2.24) is 5.32 Å². The van der Waals surface area contributed by atoms with Gasteiger partial charge < -0.3 is 15.0 Å². The van der Waals surface area contributed by atoms with E-state index < -0.39 is 6.10 Å². The van der Waals surface area contributed by atoms with E-state index in [2.05, 4.69) is 21.2 Å². The third kappa shape index (κ3) is 6.11. The predicted octanol–water partition coefficient (Wildman–Crippen LogP) is 5.51. The van der Waals surface area contributed by atoms with Crippen molar-refractivity contribution in [3.8, 4) is 5.75 Å². The molecular formula is C25H24BrClN2O3. The molecule has 1 N–H and O–H groups in total. The van der Waals surface area contributed by atoms with Gasteiger partial charge in [-0.1, -0.05) is 54.1 Å². The van der Waals surface area contributed by atoms with Crippen LogP contribution in [0.3, 0.4) is 0 Å². The lowest BCUT2D eigenvalue weighted by atomic mass is 10.1. The van der Waals surface area contributed by atoms with Gasteiger partial charge in [-0.25, -0.2) is 0 Å². The maximum Gasteiger partial charge on any atom is 0.267 e. The first-order chi connectivity index (χ1) is 15.4. The van der Waals surface area contributed by atoms with Crippen LogP contribution in [0.5, 0.6) is 5.75 Å². The number of rotatable bonds is 8. The Kier molecular flexibility index (Phi) is 8.31. The van der Waals surface area contributed by atoms with Crippen molar-refractivity contribution in [2.75, 3.05) is 18.5 Å². The molecule has 0 bridgehead atoms. The largest absolute Gasteiger partial charge is 0.480 e. The molecule has 0 heterocycles. The molecule has 1 unspecified atom stereocenters. The number of carbonyl (C=O) groups is 2. The zero-order valence-electron chi connectivity index (χ0n) is 17.8. The Morgan fingerprint density at radius 3 is 2.47 bits per heavy atom. The number of ether oxygens (including phenoxy) is 1. The highest BCUT2D eigenvalue weighted by Crippen LogP contribution is 2.29. The maximum absolute atomic E-state index is 13.0. The van der Waals surface area contributed by atoms with Crippen LogP contribution in [0.1, 0.15) is 22.8 Å². The minimum atomic E-state index is -0.772. The summed E-state index contributed by atoms with van der Waals surface area (Å²) in [5.74, 6) is -0.00262. The minimum Gasteiger partial charge on any atom is -0.480 e. The summed E-state index contributed by atoms with van der Waals surface area (Å²) in [5, 5.41) is 3.50. The van der Waals surface area contributed by atoms with E-state index in [9.17, 15) is 9.59 Å². The van der Waals surface area contributed by atoms with Gasteiger partial charge in [0.25, 0.3) is 11.8 Å². The first kappa shape index (κ1) is 23.8. The van der Waals surface area contributed by atoms with Gasteiger partial charge in [0, 0.05) is 18.6 Å². The minimum absolute atomic E-state index is 0.231. The normalized spacial score (nSPS) is 11.5. The lowest BCUT2D eigenvalue weighted by molar-refractivity contribution is -0.124. The number of nitrogens with one attached hydrogen (secondary N) is 1. The molecule has 0 aliphatic heterocycles. The molecule has 166 valence electrons. The molecule has 5 nitrogen and oxygen atoms in total. The Morgan fingerprint density at radius 1 is 1.06 bits per heavy atom. The van der Waals surface area contributed by atoms with Crippen molar-refractivity contribution in [2.45, 2.75) is 19.4 Å². The first-order valence-electron chi connectivity index (χ1n) is 10.2. The summed E-state index contributed by atoms with van der Waals surface area (Å²) < 4.78 is 6.48. The van der Waals surface area contributed by atoms with Gasteiger partial charge in [0.05, 0.1) is 15.7 Å². The zero-order chi connectivity index (χ0) is 23.1. The number of para-hydroxylation sites is 1. The van der Waals surface area contributed by atoms with Crippen LogP contribution >= 0.6 is 27.5 Å². The molecule has 0 saturated carbocycles. The van der Waals surface area contributed by atoms with E-state index in [1.807, 2.05) is 30.3 Å². The van der Waals surface area contributed by atoms with Crippen molar-refractivity contribution in [2.24, 2.45) is 0 Å². The Bertz CT molecular complexity index is 1090. The van der Waals surface area contributed by atoms with Crippen LogP contribution in [0.4, 0.5) is 5.69 Å². The van der Waals surface area contributed by atoms with Crippen LogP contribution in [0.25, 0.3) is 0 Å². The van der Waals surface area contributed by atoms with E-state index >= 15 is 0 Å². The third-order valence-corrected chi connectivity index (χ3v) is 5.78. The quantitative estimate of drug-likeness (QED) is 0.431. The number of benzene rings is 3. The summed E-state index contributed by atoms with van der Waals surface area (Å²) >= 11 is 9.36. The second-order valence-corrected chi connectivity index (χ2v) is 8.53. The molecule has 2 amide bonds. The summed E-state index contributed by atoms with van der Waals surface area (Å²) in [7, 11) is 1.63. The predicted molar refractivity (Wildman–Crippen MR) is 132 cm³/mol. The van der Waals surface area contributed by atoms with E-state index in [1.165, 1.54) is 4.90 Å². The second-order valence-electron chi connectivity index (χ2n) is 7.24. The summed E-state index contributed by atoms with van der Waals surface area (Å²) in [4.78, 5) is 27.3. The Hall–Kier alpha value is -2.83. The van der Waals surface area contributed by atoms with E-state index in [0.717, 1.165) is 12.0 Å². The van der Waals surface area contributed by atoms with Crippen molar-refractivity contribution in [3.63, 3.8) is 0 Å². The van der Waals surface area contributed by atoms with Gasteiger partial charge in [0.15, 0.2) is 6.10 Å². The topological polar surface area (TPSA) is 58.6 Å². The average Bonchev–Trinajstić information content (AvgIpc) is 2.80. The van der Waals surface area contributed by atoms with Gasteiger partial charge in [-0.3, -0.25) is 9.59 Å². The van der Waals surface area contributed by atoms with Gasteiger partial charge in [-0.2, -0.15) is 0 Å². The molecule has 0 aliphatic carbocycles. The van der Waals surface area contributed by atoms with Crippen LogP contribution in [0, 0.1) is 0 Å². The van der Waals surface area contributed by atoms with Crippen LogP contribution in [-0.2, 0) is 11.2 Å². The van der Waals surface area contributed by atoms with E-state index in [-0.39, 0.29) is 11.8 Å². The average molecular weight is 516 g/mol. The van der Waals surface area contributed by atoms with Crippen molar-refractivity contribution >= 4 is 45.0 Å². The summed E-state index contributed by atoms with van der Waals surface area (Å²) in [6.07, 6.45) is -0.0451. The molecule has 3 aromatic rings. The SMILES string of the molecule is CC(Oc1ccc(Cl)cc1Br)C(=O)N(C)c1ccccc1C(=O)NCCc1ccccc1. The molecule has 3 rings (SSSR count). The Morgan fingerprint density at radius 2 is 1.75 bits per heavy atom. The zero-order valence-corrected chi connectivity index (χ0v) is 20.2. The van der Waals surface area contributed by atoms with Crippen LogP contribution in [0.2, 0.25) is 5.02 Å². The van der Waals surface area contributed by atoms with Crippen molar-refractivity contribution < 1.29 is 14.3 Å². The third-order valence-electron chi connectivity index (χ3n) is 4.93. The Balaban J connectivity index is 1.67. The molecule has 7 heteroatoms. The number of anilines is 1. The number of carbonyl (C=O) groups excluding carboxylic acids is 2. The number of hydrogen-bond donors (Lipinski definition) is 1. The molecule has 1 atom stereocenters. The second kappa shape index (κ2) is 11.2. The summed E-state index contributed by atoms with van der Waals surface area (Å²) in [6.45, 7) is 2.17. The van der Waals surface area contributed by atoms with Crippen LogP contribution in [0.15, 0.2) is 77.3 Å². The van der Waals surface area contributed by atoms with E-state index in [0.29, 0.717) is 33.0 Å². The molecular weight excluding hydrogens is 492 g/mol. The highest BCUT2D eigenvalue weighted by molar-refractivity contribution is 9.10. The maximum atomic E-state index is 13.0. The molecule has 32 heavy (non-hydrogen) atoms. The monoisotopic (exact) mass is 514 g/mol. The summed E-state index contributed by atoms with van der Waals surface area (Å²) in [5.41, 5.74) is 2.09. The number of nitrogens with zero attached hydrogens (tertiary/aromatic N) is 1. The molecule has 0 radical (unpaired) electrons. The Labute approximate surface area is 201 Å². The smallest absolute Gasteiger partial charge is 0.267 e. The highest BCUT2D eigenvalue weighted by atomic mass is 79.9.